The summed E-state index contributed by atoms with van der Waals surface area (Å²) in [7, 11) is 0. The molecular weight excluding hydrogens is 263 g/mol. The van der Waals surface area contributed by atoms with E-state index in [2.05, 4.69) is 5.32 Å². The smallest absolute Gasteiger partial charge is 0.299 e. The summed E-state index contributed by atoms with van der Waals surface area (Å²) in [5, 5.41) is 2.93. The van der Waals surface area contributed by atoms with Crippen molar-refractivity contribution in [3.63, 3.8) is 0 Å². The zero-order valence-corrected chi connectivity index (χ0v) is 11.1. The van der Waals surface area contributed by atoms with Crippen LogP contribution in [-0.2, 0) is 0 Å². The minimum atomic E-state index is -4.22. The summed E-state index contributed by atoms with van der Waals surface area (Å²) < 4.78 is 40.0. The lowest BCUT2D eigenvalue weighted by molar-refractivity contribution is -0.158. The predicted octanol–water partition coefficient (Wildman–Crippen LogP) is 3.92. The van der Waals surface area contributed by atoms with Gasteiger partial charge < -0.3 is 0 Å². The Morgan fingerprint density at radius 2 is 1.60 bits per heavy atom. The summed E-state index contributed by atoms with van der Waals surface area (Å²) >= 11 is 0. The second-order valence-electron chi connectivity index (χ2n) is 6.57. The molecule has 108 valence electrons. The van der Waals surface area contributed by atoms with Crippen LogP contribution >= 0.6 is 0 Å². The van der Waals surface area contributed by atoms with Gasteiger partial charge in [0.2, 0.25) is 0 Å². The van der Waals surface area contributed by atoms with Gasteiger partial charge in [-0.1, -0.05) is 30.3 Å². The standard InChI is InChI=1S/C16H18F3N/c17-16(18,19)15(9-4-2-1-3-5-9)20-14-12-10-6-7-11(8-10)13(12)14/h1-5,10-15,20H,6-8H2. The van der Waals surface area contributed by atoms with E-state index in [0.29, 0.717) is 29.2 Å². The second-order valence-corrected chi connectivity index (χ2v) is 6.57. The summed E-state index contributed by atoms with van der Waals surface area (Å²) in [6, 6.07) is 6.81. The highest BCUT2D eigenvalue weighted by Gasteiger charge is 2.66. The Balaban J connectivity index is 1.53. The molecule has 0 aliphatic heterocycles. The maximum Gasteiger partial charge on any atom is 0.407 e. The lowest BCUT2D eigenvalue weighted by atomic mass is 10.0. The Hall–Kier alpha value is -1.03. The number of benzene rings is 1. The quantitative estimate of drug-likeness (QED) is 0.885. The Labute approximate surface area is 116 Å². The van der Waals surface area contributed by atoms with Gasteiger partial charge in [0, 0.05) is 6.04 Å². The highest BCUT2D eigenvalue weighted by Crippen LogP contribution is 2.66. The van der Waals surface area contributed by atoms with Crippen LogP contribution in [0.2, 0.25) is 0 Å². The molecule has 3 aliphatic rings. The third kappa shape index (κ3) is 1.88. The third-order valence-corrected chi connectivity index (χ3v) is 5.55. The van der Waals surface area contributed by atoms with Crippen molar-refractivity contribution in [3.8, 4) is 0 Å². The molecule has 1 nitrogen and oxygen atoms in total. The van der Waals surface area contributed by atoms with Crippen molar-refractivity contribution < 1.29 is 13.2 Å². The molecule has 2 bridgehead atoms. The molecule has 5 unspecified atom stereocenters. The molecule has 0 aromatic heterocycles. The fourth-order valence-electron chi connectivity index (χ4n) is 4.77. The number of rotatable bonds is 3. The van der Waals surface area contributed by atoms with Gasteiger partial charge in [0.25, 0.3) is 0 Å². The van der Waals surface area contributed by atoms with Gasteiger partial charge in [-0.15, -0.1) is 0 Å². The predicted molar refractivity (Wildman–Crippen MR) is 70.0 cm³/mol. The molecule has 0 spiro atoms. The number of hydrogen-bond donors (Lipinski definition) is 1. The minimum Gasteiger partial charge on any atom is -0.299 e. The molecule has 20 heavy (non-hydrogen) atoms. The van der Waals surface area contributed by atoms with Crippen molar-refractivity contribution in [2.24, 2.45) is 23.7 Å². The van der Waals surface area contributed by atoms with Gasteiger partial charge in [0.1, 0.15) is 6.04 Å². The first kappa shape index (κ1) is 12.7. The van der Waals surface area contributed by atoms with E-state index in [1.165, 1.54) is 19.3 Å². The van der Waals surface area contributed by atoms with E-state index >= 15 is 0 Å². The first-order chi connectivity index (χ1) is 9.55. The number of hydrogen-bond acceptors (Lipinski definition) is 1. The lowest BCUT2D eigenvalue weighted by Crippen LogP contribution is -2.37. The van der Waals surface area contributed by atoms with Crippen molar-refractivity contribution in [1.29, 1.82) is 0 Å². The Morgan fingerprint density at radius 3 is 2.15 bits per heavy atom. The summed E-state index contributed by atoms with van der Waals surface area (Å²) in [5.74, 6) is 2.41. The monoisotopic (exact) mass is 281 g/mol. The summed E-state index contributed by atoms with van der Waals surface area (Å²) in [6.45, 7) is 0. The number of fused-ring (bicyclic) bond motifs is 5. The fourth-order valence-corrected chi connectivity index (χ4v) is 4.77. The molecule has 3 fully saturated rings. The second kappa shape index (κ2) is 4.23. The molecule has 1 aromatic rings. The highest BCUT2D eigenvalue weighted by atomic mass is 19.4. The highest BCUT2D eigenvalue weighted by molar-refractivity contribution is 5.24. The van der Waals surface area contributed by atoms with Gasteiger partial charge in [-0.2, -0.15) is 13.2 Å². The summed E-state index contributed by atoms with van der Waals surface area (Å²) in [6.07, 6.45) is -0.509. The molecule has 0 heterocycles. The average molecular weight is 281 g/mol. The van der Waals surface area contributed by atoms with Crippen molar-refractivity contribution >= 4 is 0 Å². The van der Waals surface area contributed by atoms with Crippen LogP contribution in [0.3, 0.4) is 0 Å². The first-order valence-electron chi connectivity index (χ1n) is 7.43. The average Bonchev–Trinajstić information content (AvgIpc) is 2.79. The summed E-state index contributed by atoms with van der Waals surface area (Å²) in [4.78, 5) is 0. The molecule has 1 aromatic carbocycles. The maximum atomic E-state index is 13.3. The van der Waals surface area contributed by atoms with Crippen molar-refractivity contribution in [3.05, 3.63) is 35.9 Å². The Kier molecular flexibility index (Phi) is 2.69. The van der Waals surface area contributed by atoms with Crippen LogP contribution in [0.1, 0.15) is 30.9 Å². The normalized spacial score (nSPS) is 39.6. The number of halogens is 3. The van der Waals surface area contributed by atoms with Crippen LogP contribution in [0.4, 0.5) is 13.2 Å². The Bertz CT molecular complexity index is 482. The molecule has 4 rings (SSSR count). The number of alkyl halides is 3. The van der Waals surface area contributed by atoms with Crippen LogP contribution in [0, 0.1) is 23.7 Å². The van der Waals surface area contributed by atoms with Gasteiger partial charge in [-0.05, 0) is 48.5 Å². The molecule has 1 N–H and O–H groups in total. The van der Waals surface area contributed by atoms with Gasteiger partial charge in [0.15, 0.2) is 0 Å². The maximum absolute atomic E-state index is 13.3. The van der Waals surface area contributed by atoms with Crippen LogP contribution in [0.5, 0.6) is 0 Å². The topological polar surface area (TPSA) is 12.0 Å². The van der Waals surface area contributed by atoms with E-state index in [9.17, 15) is 13.2 Å². The van der Waals surface area contributed by atoms with Gasteiger partial charge in [0.05, 0.1) is 0 Å². The van der Waals surface area contributed by atoms with E-state index in [4.69, 9.17) is 0 Å². The van der Waals surface area contributed by atoms with Crippen LogP contribution in [0.15, 0.2) is 30.3 Å². The largest absolute Gasteiger partial charge is 0.407 e. The van der Waals surface area contributed by atoms with Gasteiger partial charge in [-0.3, -0.25) is 5.32 Å². The Morgan fingerprint density at radius 1 is 1.00 bits per heavy atom. The molecular formula is C16H18F3N. The van der Waals surface area contributed by atoms with Gasteiger partial charge >= 0.3 is 6.18 Å². The van der Waals surface area contributed by atoms with Crippen LogP contribution in [-0.4, -0.2) is 12.2 Å². The zero-order valence-electron chi connectivity index (χ0n) is 11.1. The molecule has 3 aliphatic carbocycles. The van der Waals surface area contributed by atoms with E-state index in [1.807, 2.05) is 0 Å². The SMILES string of the molecule is FC(F)(F)C(NC1C2C3CCC(C3)C12)c1ccccc1. The molecule has 3 saturated carbocycles. The van der Waals surface area contributed by atoms with Crippen LogP contribution < -0.4 is 5.32 Å². The van der Waals surface area contributed by atoms with Crippen molar-refractivity contribution in [2.75, 3.05) is 0 Å². The molecule has 4 heteroatoms. The van der Waals surface area contributed by atoms with Crippen molar-refractivity contribution in [1.82, 2.24) is 5.32 Å². The van der Waals surface area contributed by atoms with E-state index in [0.717, 1.165) is 0 Å². The van der Waals surface area contributed by atoms with Crippen LogP contribution in [0.25, 0.3) is 0 Å². The minimum absolute atomic E-state index is 0.0908. The number of nitrogens with one attached hydrogen (secondary N) is 1. The van der Waals surface area contributed by atoms with E-state index in [-0.39, 0.29) is 6.04 Å². The third-order valence-electron chi connectivity index (χ3n) is 5.55. The van der Waals surface area contributed by atoms with E-state index < -0.39 is 12.2 Å². The summed E-state index contributed by atoms with van der Waals surface area (Å²) in [5.41, 5.74) is 0.331. The lowest BCUT2D eigenvalue weighted by Gasteiger charge is -2.24. The van der Waals surface area contributed by atoms with Crippen molar-refractivity contribution in [2.45, 2.75) is 37.5 Å². The first-order valence-corrected chi connectivity index (χ1v) is 7.43. The molecule has 5 atom stereocenters. The zero-order chi connectivity index (χ0) is 13.9. The van der Waals surface area contributed by atoms with Gasteiger partial charge in [-0.25, -0.2) is 0 Å². The molecule has 0 radical (unpaired) electrons. The fraction of sp³-hybridized carbons (Fsp3) is 0.625. The molecule has 0 saturated heterocycles. The molecule has 0 amide bonds. The van der Waals surface area contributed by atoms with E-state index in [1.54, 1.807) is 30.3 Å².